The molecule has 2 aromatic rings. The normalized spacial score (nSPS) is 12.2. The van der Waals surface area contributed by atoms with E-state index in [1.807, 2.05) is 50.2 Å². The average Bonchev–Trinajstić information content (AvgIpc) is 2.86. The molecular weight excluding hydrogens is 318 g/mol. The number of benzene rings is 1. The van der Waals surface area contributed by atoms with Crippen molar-refractivity contribution < 1.29 is 4.79 Å². The predicted octanol–water partition coefficient (Wildman–Crippen LogP) is 3.08. The molecule has 1 heterocycles. The van der Waals surface area contributed by atoms with Crippen LogP contribution in [0.2, 0.25) is 0 Å². The van der Waals surface area contributed by atoms with Crippen LogP contribution in [0.5, 0.6) is 0 Å². The van der Waals surface area contributed by atoms with Gasteiger partial charge in [-0.3, -0.25) is 9.48 Å². The zero-order chi connectivity index (χ0) is 14.5. The first-order chi connectivity index (χ1) is 9.65. The van der Waals surface area contributed by atoms with Crippen molar-refractivity contribution >= 4 is 21.8 Å². The van der Waals surface area contributed by atoms with Gasteiger partial charge < -0.3 is 5.32 Å². The lowest BCUT2D eigenvalue weighted by molar-refractivity contribution is 0.0930. The summed E-state index contributed by atoms with van der Waals surface area (Å²) in [7, 11) is 0. The van der Waals surface area contributed by atoms with Crippen molar-refractivity contribution in [2.45, 2.75) is 26.4 Å². The lowest BCUT2D eigenvalue weighted by Crippen LogP contribution is -2.31. The summed E-state index contributed by atoms with van der Waals surface area (Å²) in [4.78, 5) is 12.4. The standard InChI is InChI=1S/C15H18BrN3O/c1-3-19-14(9-11(2)18-19)15(20)17-13(10-16)12-7-5-4-6-8-12/h4-9,13H,3,10H2,1-2H3,(H,17,20). The fraction of sp³-hybridized carbons (Fsp3) is 0.333. The maximum atomic E-state index is 12.4. The van der Waals surface area contributed by atoms with E-state index in [-0.39, 0.29) is 11.9 Å². The molecule has 4 nitrogen and oxygen atoms in total. The first-order valence-corrected chi connectivity index (χ1v) is 7.74. The zero-order valence-electron chi connectivity index (χ0n) is 11.6. The number of carbonyl (C=O) groups is 1. The molecule has 0 saturated heterocycles. The number of carbonyl (C=O) groups excluding carboxylic acids is 1. The third kappa shape index (κ3) is 3.28. The van der Waals surface area contributed by atoms with Crippen LogP contribution in [-0.2, 0) is 6.54 Å². The van der Waals surface area contributed by atoms with Crippen molar-refractivity contribution in [3.63, 3.8) is 0 Å². The number of alkyl halides is 1. The second-order valence-corrected chi connectivity index (χ2v) is 5.23. The van der Waals surface area contributed by atoms with E-state index in [4.69, 9.17) is 0 Å². The van der Waals surface area contributed by atoms with E-state index in [1.165, 1.54) is 0 Å². The molecular formula is C15H18BrN3O. The summed E-state index contributed by atoms with van der Waals surface area (Å²) in [6, 6.07) is 11.7. The second kappa shape index (κ2) is 6.70. The topological polar surface area (TPSA) is 46.9 Å². The minimum Gasteiger partial charge on any atom is -0.343 e. The number of rotatable bonds is 5. The summed E-state index contributed by atoms with van der Waals surface area (Å²) >= 11 is 3.46. The molecule has 0 fully saturated rings. The highest BCUT2D eigenvalue weighted by Crippen LogP contribution is 2.16. The number of nitrogens with one attached hydrogen (secondary N) is 1. The van der Waals surface area contributed by atoms with E-state index in [2.05, 4.69) is 26.3 Å². The Morgan fingerprint density at radius 3 is 2.70 bits per heavy atom. The fourth-order valence-corrected chi connectivity index (χ4v) is 2.63. The first kappa shape index (κ1) is 14.8. The third-order valence-corrected chi connectivity index (χ3v) is 3.74. The van der Waals surface area contributed by atoms with E-state index < -0.39 is 0 Å². The fourth-order valence-electron chi connectivity index (χ4n) is 2.10. The zero-order valence-corrected chi connectivity index (χ0v) is 13.2. The molecule has 2 rings (SSSR count). The van der Waals surface area contributed by atoms with Crippen LogP contribution < -0.4 is 5.32 Å². The second-order valence-electron chi connectivity index (χ2n) is 4.58. The van der Waals surface area contributed by atoms with Gasteiger partial charge in [-0.05, 0) is 25.5 Å². The number of aryl methyl sites for hydroxylation is 2. The van der Waals surface area contributed by atoms with Gasteiger partial charge in [-0.15, -0.1) is 0 Å². The highest BCUT2D eigenvalue weighted by atomic mass is 79.9. The smallest absolute Gasteiger partial charge is 0.270 e. The van der Waals surface area contributed by atoms with E-state index in [9.17, 15) is 4.79 Å². The van der Waals surface area contributed by atoms with Crippen LogP contribution in [0.25, 0.3) is 0 Å². The monoisotopic (exact) mass is 335 g/mol. The van der Waals surface area contributed by atoms with Gasteiger partial charge in [0, 0.05) is 11.9 Å². The Morgan fingerprint density at radius 2 is 2.10 bits per heavy atom. The molecule has 1 atom stereocenters. The largest absolute Gasteiger partial charge is 0.343 e. The Bertz CT molecular complexity index is 580. The minimum absolute atomic E-state index is 0.0517. The lowest BCUT2D eigenvalue weighted by atomic mass is 10.1. The van der Waals surface area contributed by atoms with Gasteiger partial charge in [0.1, 0.15) is 5.69 Å². The van der Waals surface area contributed by atoms with Gasteiger partial charge in [0.05, 0.1) is 11.7 Å². The van der Waals surface area contributed by atoms with Gasteiger partial charge >= 0.3 is 0 Å². The number of amides is 1. The van der Waals surface area contributed by atoms with E-state index >= 15 is 0 Å². The molecule has 0 saturated carbocycles. The van der Waals surface area contributed by atoms with Crippen molar-refractivity contribution in [3.8, 4) is 0 Å². The van der Waals surface area contributed by atoms with E-state index in [0.29, 0.717) is 17.6 Å². The predicted molar refractivity (Wildman–Crippen MR) is 83.1 cm³/mol. The van der Waals surface area contributed by atoms with Gasteiger partial charge in [-0.25, -0.2) is 0 Å². The Labute approximate surface area is 127 Å². The number of hydrogen-bond acceptors (Lipinski definition) is 2. The first-order valence-electron chi connectivity index (χ1n) is 6.62. The molecule has 0 aliphatic rings. The Kier molecular flexibility index (Phi) is 4.95. The van der Waals surface area contributed by atoms with Crippen molar-refractivity contribution in [2.75, 3.05) is 5.33 Å². The maximum absolute atomic E-state index is 12.4. The summed E-state index contributed by atoms with van der Waals surface area (Å²) in [5, 5.41) is 8.01. The molecule has 1 aromatic carbocycles. The summed E-state index contributed by atoms with van der Waals surface area (Å²) in [6.07, 6.45) is 0. The van der Waals surface area contributed by atoms with Crippen molar-refractivity contribution in [1.82, 2.24) is 15.1 Å². The van der Waals surface area contributed by atoms with Crippen LogP contribution in [0.15, 0.2) is 36.4 Å². The highest BCUT2D eigenvalue weighted by Gasteiger charge is 2.18. The molecule has 1 unspecified atom stereocenters. The Balaban J connectivity index is 2.17. The van der Waals surface area contributed by atoms with Crippen LogP contribution in [0, 0.1) is 6.92 Å². The average molecular weight is 336 g/mol. The number of aromatic nitrogens is 2. The summed E-state index contributed by atoms with van der Waals surface area (Å²) < 4.78 is 1.72. The molecule has 0 spiro atoms. The molecule has 5 heteroatoms. The molecule has 106 valence electrons. The van der Waals surface area contributed by atoms with Gasteiger partial charge in [0.15, 0.2) is 0 Å². The number of nitrogens with zero attached hydrogens (tertiary/aromatic N) is 2. The molecule has 1 N–H and O–H groups in total. The molecule has 1 aromatic heterocycles. The SMILES string of the molecule is CCn1nc(C)cc1C(=O)NC(CBr)c1ccccc1. The Morgan fingerprint density at radius 1 is 1.40 bits per heavy atom. The lowest BCUT2D eigenvalue weighted by Gasteiger charge is -2.16. The maximum Gasteiger partial charge on any atom is 0.270 e. The van der Waals surface area contributed by atoms with Crippen LogP contribution in [-0.4, -0.2) is 21.0 Å². The van der Waals surface area contributed by atoms with Crippen molar-refractivity contribution in [2.24, 2.45) is 0 Å². The third-order valence-electron chi connectivity index (χ3n) is 3.10. The van der Waals surface area contributed by atoms with Gasteiger partial charge in [0.2, 0.25) is 0 Å². The van der Waals surface area contributed by atoms with E-state index in [1.54, 1.807) is 4.68 Å². The minimum atomic E-state index is -0.0965. The van der Waals surface area contributed by atoms with Crippen LogP contribution >= 0.6 is 15.9 Å². The van der Waals surface area contributed by atoms with Gasteiger partial charge in [-0.1, -0.05) is 46.3 Å². The van der Waals surface area contributed by atoms with Gasteiger partial charge in [-0.2, -0.15) is 5.10 Å². The van der Waals surface area contributed by atoms with Crippen molar-refractivity contribution in [1.29, 1.82) is 0 Å². The Hall–Kier alpha value is -1.62. The molecule has 0 bridgehead atoms. The summed E-state index contributed by atoms with van der Waals surface area (Å²) in [5.41, 5.74) is 2.54. The summed E-state index contributed by atoms with van der Waals surface area (Å²) in [5.74, 6) is -0.0965. The molecule has 0 aliphatic heterocycles. The molecule has 20 heavy (non-hydrogen) atoms. The van der Waals surface area contributed by atoms with Gasteiger partial charge in [0.25, 0.3) is 5.91 Å². The molecule has 1 amide bonds. The summed E-state index contributed by atoms with van der Waals surface area (Å²) in [6.45, 7) is 4.55. The quantitative estimate of drug-likeness (QED) is 0.853. The number of hydrogen-bond donors (Lipinski definition) is 1. The van der Waals surface area contributed by atoms with E-state index in [0.717, 1.165) is 11.3 Å². The van der Waals surface area contributed by atoms with Crippen molar-refractivity contribution in [3.05, 3.63) is 53.3 Å². The van der Waals surface area contributed by atoms with Crippen LogP contribution in [0.1, 0.15) is 34.7 Å². The molecule has 0 aliphatic carbocycles. The van der Waals surface area contributed by atoms with Crippen LogP contribution in [0.3, 0.4) is 0 Å². The highest BCUT2D eigenvalue weighted by molar-refractivity contribution is 9.09. The molecule has 0 radical (unpaired) electrons. The van der Waals surface area contributed by atoms with Crippen LogP contribution in [0.4, 0.5) is 0 Å². The number of halogens is 1.